The molecule has 0 saturated carbocycles. The van der Waals surface area contributed by atoms with Gasteiger partial charge in [-0.1, -0.05) is 16.1 Å². The molecule has 0 aliphatic heterocycles. The topological polar surface area (TPSA) is 69.6 Å². The highest BCUT2D eigenvalue weighted by atomic mass is 35.5. The first-order valence-electron chi connectivity index (χ1n) is 4.80. The second-order valence-corrected chi connectivity index (χ2v) is 4.59. The van der Waals surface area contributed by atoms with Crippen LogP contribution >= 0.6 is 23.1 Å². The van der Waals surface area contributed by atoms with Crippen LogP contribution in [0.1, 0.15) is 23.0 Å². The van der Waals surface area contributed by atoms with E-state index in [1.165, 1.54) is 11.5 Å². The lowest BCUT2D eigenvalue weighted by Crippen LogP contribution is -2.14. The standard InChI is InChI=1S/C9H12ClN5S/c1-5-6(9(10)15(2)13-5)3-7(11)8-4-16-14-12-8/h4,7H,3,11H2,1-2H3. The Balaban J connectivity index is 2.21. The van der Waals surface area contributed by atoms with Crippen LogP contribution < -0.4 is 5.73 Å². The van der Waals surface area contributed by atoms with Gasteiger partial charge in [0.05, 0.1) is 17.4 Å². The van der Waals surface area contributed by atoms with Crippen LogP contribution in [0.4, 0.5) is 0 Å². The molecule has 16 heavy (non-hydrogen) atoms. The van der Waals surface area contributed by atoms with Crippen molar-refractivity contribution in [1.82, 2.24) is 19.4 Å². The number of rotatable bonds is 3. The van der Waals surface area contributed by atoms with Crippen molar-refractivity contribution in [2.75, 3.05) is 0 Å². The molecule has 5 nitrogen and oxygen atoms in total. The van der Waals surface area contributed by atoms with Crippen LogP contribution in [0.25, 0.3) is 0 Å². The number of nitrogens with two attached hydrogens (primary N) is 1. The van der Waals surface area contributed by atoms with E-state index in [0.717, 1.165) is 17.0 Å². The van der Waals surface area contributed by atoms with Crippen LogP contribution in [-0.2, 0) is 13.5 Å². The van der Waals surface area contributed by atoms with Gasteiger partial charge in [-0.15, -0.1) is 5.10 Å². The van der Waals surface area contributed by atoms with Gasteiger partial charge >= 0.3 is 0 Å². The van der Waals surface area contributed by atoms with E-state index in [9.17, 15) is 0 Å². The van der Waals surface area contributed by atoms with Crippen LogP contribution in [0.3, 0.4) is 0 Å². The van der Waals surface area contributed by atoms with Crippen LogP contribution in [-0.4, -0.2) is 19.4 Å². The van der Waals surface area contributed by atoms with Crippen molar-refractivity contribution >= 4 is 23.1 Å². The number of halogens is 1. The molecule has 0 radical (unpaired) electrons. The molecule has 2 aromatic rings. The Kier molecular flexibility index (Phi) is 3.22. The van der Waals surface area contributed by atoms with Crippen LogP contribution in [0, 0.1) is 6.92 Å². The van der Waals surface area contributed by atoms with Crippen molar-refractivity contribution in [3.63, 3.8) is 0 Å². The van der Waals surface area contributed by atoms with Gasteiger partial charge in [0.2, 0.25) is 0 Å². The normalized spacial score (nSPS) is 13.0. The Bertz CT molecular complexity index is 478. The zero-order valence-corrected chi connectivity index (χ0v) is 10.6. The summed E-state index contributed by atoms with van der Waals surface area (Å²) in [4.78, 5) is 0. The van der Waals surface area contributed by atoms with Gasteiger partial charge in [0.25, 0.3) is 0 Å². The Morgan fingerprint density at radius 1 is 1.62 bits per heavy atom. The number of hydrogen-bond donors (Lipinski definition) is 1. The molecule has 2 rings (SSSR count). The molecule has 0 spiro atoms. The van der Waals surface area contributed by atoms with Gasteiger partial charge in [-0.3, -0.25) is 4.68 Å². The van der Waals surface area contributed by atoms with Gasteiger partial charge in [-0.05, 0) is 24.9 Å². The molecule has 2 heterocycles. The van der Waals surface area contributed by atoms with E-state index >= 15 is 0 Å². The quantitative estimate of drug-likeness (QED) is 0.904. The first kappa shape index (κ1) is 11.5. The van der Waals surface area contributed by atoms with Crippen molar-refractivity contribution in [2.45, 2.75) is 19.4 Å². The molecule has 1 atom stereocenters. The first-order valence-corrected chi connectivity index (χ1v) is 6.01. The van der Waals surface area contributed by atoms with Crippen LogP contribution in [0.5, 0.6) is 0 Å². The summed E-state index contributed by atoms with van der Waals surface area (Å²) in [5, 5.41) is 10.7. The van der Waals surface area contributed by atoms with Crippen LogP contribution in [0.15, 0.2) is 5.38 Å². The third-order valence-electron chi connectivity index (χ3n) is 2.45. The van der Waals surface area contributed by atoms with Crippen molar-refractivity contribution < 1.29 is 0 Å². The maximum absolute atomic E-state index is 6.13. The fourth-order valence-electron chi connectivity index (χ4n) is 1.56. The fourth-order valence-corrected chi connectivity index (χ4v) is 2.33. The van der Waals surface area contributed by atoms with E-state index in [2.05, 4.69) is 14.7 Å². The Hall–Kier alpha value is -0.980. The number of aryl methyl sites for hydroxylation is 2. The summed E-state index contributed by atoms with van der Waals surface area (Å²) < 4.78 is 5.44. The third kappa shape index (κ3) is 2.09. The van der Waals surface area contributed by atoms with Gasteiger partial charge < -0.3 is 5.73 Å². The molecule has 86 valence electrons. The molecule has 0 aliphatic rings. The molecule has 1 unspecified atom stereocenters. The lowest BCUT2D eigenvalue weighted by molar-refractivity contribution is 0.689. The molecule has 0 amide bonds. The van der Waals surface area contributed by atoms with Gasteiger partial charge in [0, 0.05) is 18.0 Å². The van der Waals surface area contributed by atoms with Crippen molar-refractivity contribution in [3.8, 4) is 0 Å². The summed E-state index contributed by atoms with van der Waals surface area (Å²) in [6.45, 7) is 1.92. The van der Waals surface area contributed by atoms with E-state index in [4.69, 9.17) is 17.3 Å². The lowest BCUT2D eigenvalue weighted by Gasteiger charge is -2.07. The second-order valence-electron chi connectivity index (χ2n) is 3.62. The number of aromatic nitrogens is 4. The molecular weight excluding hydrogens is 246 g/mol. The number of nitrogens with zero attached hydrogens (tertiary/aromatic N) is 4. The Morgan fingerprint density at radius 2 is 2.38 bits per heavy atom. The van der Waals surface area contributed by atoms with Crippen molar-refractivity contribution in [2.24, 2.45) is 12.8 Å². The van der Waals surface area contributed by atoms with E-state index in [1.807, 2.05) is 19.4 Å². The van der Waals surface area contributed by atoms with Gasteiger partial charge in [0.1, 0.15) is 5.15 Å². The predicted octanol–water partition coefficient (Wildman–Crippen LogP) is 1.48. The summed E-state index contributed by atoms with van der Waals surface area (Å²) >= 11 is 7.43. The Morgan fingerprint density at radius 3 is 2.88 bits per heavy atom. The van der Waals surface area contributed by atoms with E-state index < -0.39 is 0 Å². The smallest absolute Gasteiger partial charge is 0.130 e. The highest BCUT2D eigenvalue weighted by Gasteiger charge is 2.17. The lowest BCUT2D eigenvalue weighted by atomic mass is 10.1. The molecule has 0 bridgehead atoms. The fraction of sp³-hybridized carbons (Fsp3) is 0.444. The maximum Gasteiger partial charge on any atom is 0.130 e. The van der Waals surface area contributed by atoms with Crippen molar-refractivity contribution in [3.05, 3.63) is 27.5 Å². The second kappa shape index (κ2) is 4.48. The predicted molar refractivity (Wildman–Crippen MR) is 63.5 cm³/mol. The third-order valence-corrected chi connectivity index (χ3v) is 3.45. The minimum absolute atomic E-state index is 0.181. The molecule has 2 aromatic heterocycles. The Labute approximate surface area is 102 Å². The van der Waals surface area contributed by atoms with Crippen LogP contribution in [0.2, 0.25) is 5.15 Å². The maximum atomic E-state index is 6.13. The highest BCUT2D eigenvalue weighted by Crippen LogP contribution is 2.23. The molecule has 0 fully saturated rings. The van der Waals surface area contributed by atoms with E-state index in [1.54, 1.807) is 4.68 Å². The average Bonchev–Trinajstić information content (AvgIpc) is 2.83. The van der Waals surface area contributed by atoms with Gasteiger partial charge in [0.15, 0.2) is 0 Å². The summed E-state index contributed by atoms with van der Waals surface area (Å²) in [7, 11) is 1.81. The summed E-state index contributed by atoms with van der Waals surface area (Å²) in [6, 6.07) is -0.181. The van der Waals surface area contributed by atoms with E-state index in [-0.39, 0.29) is 6.04 Å². The molecule has 0 saturated heterocycles. The average molecular weight is 258 g/mol. The summed E-state index contributed by atoms with van der Waals surface area (Å²) in [6.07, 6.45) is 0.629. The summed E-state index contributed by atoms with van der Waals surface area (Å²) in [5.41, 5.74) is 8.71. The van der Waals surface area contributed by atoms with E-state index in [0.29, 0.717) is 11.6 Å². The molecule has 2 N–H and O–H groups in total. The summed E-state index contributed by atoms with van der Waals surface area (Å²) in [5.74, 6) is 0. The first-order chi connectivity index (χ1) is 7.59. The monoisotopic (exact) mass is 257 g/mol. The highest BCUT2D eigenvalue weighted by molar-refractivity contribution is 7.03. The zero-order valence-electron chi connectivity index (χ0n) is 9.01. The van der Waals surface area contributed by atoms with Crippen molar-refractivity contribution in [1.29, 1.82) is 0 Å². The molecule has 0 aromatic carbocycles. The van der Waals surface area contributed by atoms with Gasteiger partial charge in [-0.2, -0.15) is 5.10 Å². The molecule has 7 heteroatoms. The minimum Gasteiger partial charge on any atom is -0.322 e. The SMILES string of the molecule is Cc1nn(C)c(Cl)c1CC(N)c1csnn1. The minimum atomic E-state index is -0.181. The number of hydrogen-bond acceptors (Lipinski definition) is 5. The largest absolute Gasteiger partial charge is 0.322 e. The molecular formula is C9H12ClN5S. The van der Waals surface area contributed by atoms with Gasteiger partial charge in [-0.25, -0.2) is 0 Å². The zero-order chi connectivity index (χ0) is 11.7. The molecule has 0 aliphatic carbocycles.